The fourth-order valence-electron chi connectivity index (χ4n) is 0.937. The summed E-state index contributed by atoms with van der Waals surface area (Å²) < 4.78 is 0. The van der Waals surface area contributed by atoms with Gasteiger partial charge >= 0.3 is 5.97 Å². The number of rotatable bonds is 6. The van der Waals surface area contributed by atoms with Gasteiger partial charge in [0.2, 0.25) is 0 Å². The second-order valence-corrected chi connectivity index (χ2v) is 3.44. The van der Waals surface area contributed by atoms with Crippen molar-refractivity contribution in [2.45, 2.75) is 45.0 Å². The van der Waals surface area contributed by atoms with Crippen molar-refractivity contribution >= 4 is 11.6 Å². The third kappa shape index (κ3) is 7.02. The van der Waals surface area contributed by atoms with Crippen LogP contribution < -0.4 is 0 Å². The van der Waals surface area contributed by atoms with Crippen LogP contribution in [0.1, 0.15) is 39.0 Å². The van der Waals surface area contributed by atoms with E-state index in [1.54, 1.807) is 0 Å². The van der Waals surface area contributed by atoms with Crippen LogP contribution in [0.4, 0.5) is 0 Å². The first-order valence-electron chi connectivity index (χ1n) is 4.51. The Hall–Kier alpha value is -0.0900. The lowest BCUT2D eigenvalue weighted by molar-refractivity contribution is -0.277. The first-order valence-corrected chi connectivity index (χ1v) is 4.89. The molecule has 0 aromatic carbocycles. The molecule has 0 amide bonds. The Morgan fingerprint density at radius 1 is 1.23 bits per heavy atom. The van der Waals surface area contributed by atoms with E-state index >= 15 is 0 Å². The molecule has 0 unspecified atom stereocenters. The van der Waals surface area contributed by atoms with Gasteiger partial charge in [-0.3, -0.25) is 0 Å². The Morgan fingerprint density at radius 2 is 1.85 bits per heavy atom. The molecule has 3 nitrogen and oxygen atoms in total. The third-order valence-corrected chi connectivity index (χ3v) is 2.11. The molecule has 78 valence electrons. The zero-order valence-corrected chi connectivity index (χ0v) is 8.59. The molecule has 0 saturated heterocycles. The number of halogens is 1. The van der Waals surface area contributed by atoms with Gasteiger partial charge in [-0.1, -0.05) is 43.9 Å². The molecular weight excluding hydrogens is 192 g/mol. The van der Waals surface area contributed by atoms with Gasteiger partial charge in [0, 0.05) is 0 Å². The summed E-state index contributed by atoms with van der Waals surface area (Å²) >= 11 is 5.38. The predicted octanol–water partition coefficient (Wildman–Crippen LogP) is 1.71. The van der Waals surface area contributed by atoms with Gasteiger partial charge in [0.15, 0.2) is 0 Å². The minimum atomic E-state index is -2.87. The highest BCUT2D eigenvalue weighted by Crippen LogP contribution is 2.16. The predicted molar refractivity (Wildman–Crippen MR) is 52.1 cm³/mol. The van der Waals surface area contributed by atoms with Gasteiger partial charge in [-0.05, 0) is 12.8 Å². The largest absolute Gasteiger partial charge is 0.339 e. The molecule has 0 aromatic rings. The maximum absolute atomic E-state index is 8.60. The molecule has 0 rings (SSSR count). The normalized spacial score (nSPS) is 13.5. The van der Waals surface area contributed by atoms with Crippen molar-refractivity contribution in [1.29, 1.82) is 0 Å². The average Bonchev–Trinajstić information content (AvgIpc) is 2.02. The van der Waals surface area contributed by atoms with Crippen LogP contribution in [0.25, 0.3) is 0 Å². The maximum Gasteiger partial charge on any atom is 0.315 e. The van der Waals surface area contributed by atoms with Crippen LogP contribution in [0.2, 0.25) is 0 Å². The lowest BCUT2D eigenvalue weighted by atomic mass is 10.1. The zero-order chi connectivity index (χ0) is 10.3. The standard InChI is InChI=1S/C9H17ClO3/c1-2-3-4-5-6-7-8(10)9(11,12)13/h7,11-13H,2-6H2,1H3. The molecule has 13 heavy (non-hydrogen) atoms. The Kier molecular flexibility index (Phi) is 6.33. The molecule has 0 radical (unpaired) electrons. The number of hydrogen-bond donors (Lipinski definition) is 3. The molecule has 0 saturated carbocycles. The summed E-state index contributed by atoms with van der Waals surface area (Å²) in [6.07, 6.45) is 6.43. The second-order valence-electron chi connectivity index (χ2n) is 3.04. The van der Waals surface area contributed by atoms with E-state index in [1.165, 1.54) is 6.08 Å². The quantitative estimate of drug-likeness (QED) is 0.460. The van der Waals surface area contributed by atoms with Crippen molar-refractivity contribution in [2.24, 2.45) is 0 Å². The van der Waals surface area contributed by atoms with Crippen molar-refractivity contribution in [3.63, 3.8) is 0 Å². The minimum absolute atomic E-state index is 0.330. The van der Waals surface area contributed by atoms with Crippen molar-refractivity contribution in [1.82, 2.24) is 0 Å². The molecular formula is C9H17ClO3. The third-order valence-electron chi connectivity index (χ3n) is 1.70. The van der Waals surface area contributed by atoms with Crippen LogP contribution in [-0.4, -0.2) is 21.3 Å². The van der Waals surface area contributed by atoms with E-state index in [2.05, 4.69) is 6.92 Å². The van der Waals surface area contributed by atoms with Crippen LogP contribution in [-0.2, 0) is 0 Å². The van der Waals surface area contributed by atoms with E-state index in [0.717, 1.165) is 25.7 Å². The Labute approximate surface area is 83.7 Å². The van der Waals surface area contributed by atoms with E-state index < -0.39 is 5.97 Å². The highest BCUT2D eigenvalue weighted by molar-refractivity contribution is 6.30. The molecule has 0 bridgehead atoms. The first-order chi connectivity index (χ1) is 5.98. The van der Waals surface area contributed by atoms with Crippen molar-refractivity contribution < 1.29 is 15.3 Å². The van der Waals surface area contributed by atoms with Gasteiger partial charge in [0.05, 0.1) is 0 Å². The monoisotopic (exact) mass is 208 g/mol. The molecule has 0 aromatic heterocycles. The molecule has 0 spiro atoms. The molecule has 0 atom stereocenters. The summed E-state index contributed by atoms with van der Waals surface area (Å²) in [6.45, 7) is 2.11. The Balaban J connectivity index is 3.60. The number of unbranched alkanes of at least 4 members (excludes halogenated alkanes) is 4. The molecule has 0 heterocycles. The van der Waals surface area contributed by atoms with Gasteiger partial charge < -0.3 is 15.3 Å². The summed E-state index contributed by atoms with van der Waals surface area (Å²) in [5.41, 5.74) is 0. The fraction of sp³-hybridized carbons (Fsp3) is 0.778. The molecule has 0 fully saturated rings. The lowest BCUT2D eigenvalue weighted by Crippen LogP contribution is -2.27. The number of aliphatic hydroxyl groups is 3. The van der Waals surface area contributed by atoms with Gasteiger partial charge in [0.1, 0.15) is 5.03 Å². The first kappa shape index (κ1) is 12.9. The van der Waals surface area contributed by atoms with Crippen molar-refractivity contribution in [2.75, 3.05) is 0 Å². The minimum Gasteiger partial charge on any atom is -0.339 e. The summed E-state index contributed by atoms with van der Waals surface area (Å²) in [7, 11) is 0. The van der Waals surface area contributed by atoms with E-state index in [-0.39, 0.29) is 5.03 Å². The Morgan fingerprint density at radius 3 is 2.31 bits per heavy atom. The SMILES string of the molecule is CCCCCCC=C(Cl)C(O)(O)O. The van der Waals surface area contributed by atoms with E-state index in [0.29, 0.717) is 6.42 Å². The fourth-order valence-corrected chi connectivity index (χ4v) is 1.05. The highest BCUT2D eigenvalue weighted by atomic mass is 35.5. The number of allylic oxidation sites excluding steroid dienone is 1. The second kappa shape index (κ2) is 6.38. The van der Waals surface area contributed by atoms with Gasteiger partial charge in [-0.15, -0.1) is 0 Å². The van der Waals surface area contributed by atoms with Gasteiger partial charge in [-0.25, -0.2) is 0 Å². The molecule has 4 heteroatoms. The van der Waals surface area contributed by atoms with Crippen LogP contribution in [0.15, 0.2) is 11.1 Å². The highest BCUT2D eigenvalue weighted by Gasteiger charge is 2.22. The van der Waals surface area contributed by atoms with E-state index in [1.807, 2.05) is 0 Å². The van der Waals surface area contributed by atoms with E-state index in [9.17, 15) is 0 Å². The van der Waals surface area contributed by atoms with Gasteiger partial charge in [0.25, 0.3) is 0 Å². The smallest absolute Gasteiger partial charge is 0.315 e. The maximum atomic E-state index is 8.60. The molecule has 3 N–H and O–H groups in total. The summed E-state index contributed by atoms with van der Waals surface area (Å²) in [6, 6.07) is 0. The molecule has 0 aliphatic heterocycles. The average molecular weight is 209 g/mol. The Bertz CT molecular complexity index is 161. The lowest BCUT2D eigenvalue weighted by Gasteiger charge is -2.12. The van der Waals surface area contributed by atoms with E-state index in [4.69, 9.17) is 26.9 Å². The number of hydrogen-bond acceptors (Lipinski definition) is 3. The van der Waals surface area contributed by atoms with Gasteiger partial charge in [-0.2, -0.15) is 0 Å². The summed E-state index contributed by atoms with van der Waals surface area (Å²) in [5, 5.41) is 25.5. The van der Waals surface area contributed by atoms with Crippen molar-refractivity contribution in [3.05, 3.63) is 11.1 Å². The molecule has 0 aliphatic carbocycles. The van der Waals surface area contributed by atoms with Crippen LogP contribution in [0, 0.1) is 0 Å². The van der Waals surface area contributed by atoms with Crippen LogP contribution in [0.3, 0.4) is 0 Å². The van der Waals surface area contributed by atoms with Crippen molar-refractivity contribution in [3.8, 4) is 0 Å². The summed E-state index contributed by atoms with van der Waals surface area (Å²) in [4.78, 5) is 0. The topological polar surface area (TPSA) is 60.7 Å². The van der Waals surface area contributed by atoms with Crippen LogP contribution >= 0.6 is 11.6 Å². The molecule has 0 aliphatic rings. The van der Waals surface area contributed by atoms with Crippen LogP contribution in [0.5, 0.6) is 0 Å². The summed E-state index contributed by atoms with van der Waals surface area (Å²) in [5.74, 6) is -2.87. The zero-order valence-electron chi connectivity index (χ0n) is 7.83.